The van der Waals surface area contributed by atoms with Crippen LogP contribution < -0.4 is 5.32 Å². The molecule has 1 aliphatic rings. The second-order valence-corrected chi connectivity index (χ2v) is 3.78. The van der Waals surface area contributed by atoms with Crippen LogP contribution in [-0.4, -0.2) is 33.4 Å². The van der Waals surface area contributed by atoms with Gasteiger partial charge in [0.05, 0.1) is 18.2 Å². The highest BCUT2D eigenvalue weighted by Gasteiger charge is 2.28. The molecule has 1 fully saturated rings. The van der Waals surface area contributed by atoms with E-state index in [4.69, 9.17) is 0 Å². The van der Waals surface area contributed by atoms with Gasteiger partial charge in [-0.15, -0.1) is 0 Å². The summed E-state index contributed by atoms with van der Waals surface area (Å²) in [5.41, 5.74) is 0.756. The molecule has 0 aliphatic carbocycles. The Labute approximate surface area is 92.7 Å². The van der Waals surface area contributed by atoms with Crippen molar-refractivity contribution in [2.24, 2.45) is 5.92 Å². The van der Waals surface area contributed by atoms with E-state index in [2.05, 4.69) is 15.3 Å². The summed E-state index contributed by atoms with van der Waals surface area (Å²) < 4.78 is 0. The molecule has 3 amide bonds. The van der Waals surface area contributed by atoms with Gasteiger partial charge < -0.3 is 4.90 Å². The van der Waals surface area contributed by atoms with Gasteiger partial charge in [-0.05, 0) is 6.07 Å². The maximum absolute atomic E-state index is 11.5. The molecule has 1 aromatic heterocycles. The number of carbonyl (C=O) groups is 2. The molecule has 0 aromatic carbocycles. The van der Waals surface area contributed by atoms with Crippen LogP contribution in [0.2, 0.25) is 0 Å². The fraction of sp³-hybridized carbons (Fsp3) is 0.400. The number of hydrogen-bond acceptors (Lipinski definition) is 4. The number of amides is 3. The highest BCUT2D eigenvalue weighted by atomic mass is 16.2. The van der Waals surface area contributed by atoms with E-state index in [1.807, 2.05) is 0 Å². The maximum Gasteiger partial charge on any atom is 0.324 e. The standard InChI is InChI=1S/C10H12N4O2/c1-7-4-14(10(16)13-9(7)15)5-8-2-3-11-6-12-8/h2-3,6-7H,4-5H2,1H3,(H,13,15,16). The Hall–Kier alpha value is -1.98. The summed E-state index contributed by atoms with van der Waals surface area (Å²) in [6.45, 7) is 2.61. The first-order valence-electron chi connectivity index (χ1n) is 5.01. The molecule has 6 nitrogen and oxygen atoms in total. The number of rotatable bonds is 2. The molecule has 6 heteroatoms. The quantitative estimate of drug-likeness (QED) is 0.770. The number of nitrogens with one attached hydrogen (secondary N) is 1. The molecular weight excluding hydrogens is 208 g/mol. The van der Waals surface area contributed by atoms with E-state index in [0.717, 1.165) is 5.69 Å². The summed E-state index contributed by atoms with van der Waals surface area (Å²) >= 11 is 0. The molecule has 0 saturated carbocycles. The number of imide groups is 1. The summed E-state index contributed by atoms with van der Waals surface area (Å²) in [5, 5.41) is 2.30. The molecular formula is C10H12N4O2. The van der Waals surface area contributed by atoms with Gasteiger partial charge in [-0.3, -0.25) is 10.1 Å². The minimum Gasteiger partial charge on any atom is -0.318 e. The first kappa shape index (κ1) is 10.5. The molecule has 16 heavy (non-hydrogen) atoms. The Bertz CT molecular complexity index is 407. The van der Waals surface area contributed by atoms with E-state index in [1.54, 1.807) is 24.1 Å². The van der Waals surface area contributed by atoms with Crippen molar-refractivity contribution in [3.8, 4) is 0 Å². The van der Waals surface area contributed by atoms with Crippen LogP contribution in [0.25, 0.3) is 0 Å². The second kappa shape index (κ2) is 4.26. The monoisotopic (exact) mass is 220 g/mol. The summed E-state index contributed by atoms with van der Waals surface area (Å²) in [5.74, 6) is -0.400. The number of urea groups is 1. The minimum atomic E-state index is -0.360. The van der Waals surface area contributed by atoms with E-state index >= 15 is 0 Å². The van der Waals surface area contributed by atoms with Crippen LogP contribution >= 0.6 is 0 Å². The minimum absolute atomic E-state index is 0.181. The highest BCUT2D eigenvalue weighted by molar-refractivity contribution is 5.97. The van der Waals surface area contributed by atoms with E-state index in [0.29, 0.717) is 13.1 Å². The molecule has 1 aliphatic heterocycles. The third kappa shape index (κ3) is 2.16. The molecule has 0 bridgehead atoms. The third-order valence-corrected chi connectivity index (χ3v) is 2.46. The number of hydrogen-bond donors (Lipinski definition) is 1. The van der Waals surface area contributed by atoms with Gasteiger partial charge in [0.25, 0.3) is 0 Å². The van der Waals surface area contributed by atoms with Crippen molar-refractivity contribution in [3.63, 3.8) is 0 Å². The third-order valence-electron chi connectivity index (χ3n) is 2.46. The van der Waals surface area contributed by atoms with Gasteiger partial charge in [0.2, 0.25) is 5.91 Å². The molecule has 0 radical (unpaired) electrons. The normalized spacial score (nSPS) is 20.8. The van der Waals surface area contributed by atoms with Gasteiger partial charge in [-0.1, -0.05) is 6.92 Å². The van der Waals surface area contributed by atoms with Crippen LogP contribution in [0, 0.1) is 5.92 Å². The molecule has 1 atom stereocenters. The van der Waals surface area contributed by atoms with Crippen molar-refractivity contribution in [3.05, 3.63) is 24.3 Å². The number of nitrogens with zero attached hydrogens (tertiary/aromatic N) is 3. The Morgan fingerprint density at radius 3 is 3.06 bits per heavy atom. The summed E-state index contributed by atoms with van der Waals surface area (Å²) in [6.07, 6.45) is 3.06. The van der Waals surface area contributed by atoms with Crippen LogP contribution in [0.1, 0.15) is 12.6 Å². The van der Waals surface area contributed by atoms with Gasteiger partial charge in [-0.25, -0.2) is 14.8 Å². The lowest BCUT2D eigenvalue weighted by Crippen LogP contribution is -2.53. The zero-order valence-corrected chi connectivity index (χ0v) is 8.88. The molecule has 0 spiro atoms. The Kier molecular flexibility index (Phi) is 2.80. The Balaban J connectivity index is 2.05. The van der Waals surface area contributed by atoms with Crippen molar-refractivity contribution in [2.75, 3.05) is 6.54 Å². The summed E-state index contributed by atoms with van der Waals surface area (Å²) in [7, 11) is 0. The topological polar surface area (TPSA) is 75.2 Å². The lowest BCUT2D eigenvalue weighted by atomic mass is 10.1. The van der Waals surface area contributed by atoms with Crippen LogP contribution in [0.3, 0.4) is 0 Å². The van der Waals surface area contributed by atoms with Gasteiger partial charge in [-0.2, -0.15) is 0 Å². The van der Waals surface area contributed by atoms with Gasteiger partial charge in [0, 0.05) is 12.7 Å². The van der Waals surface area contributed by atoms with E-state index in [9.17, 15) is 9.59 Å². The van der Waals surface area contributed by atoms with Crippen molar-refractivity contribution >= 4 is 11.9 Å². The fourth-order valence-corrected chi connectivity index (χ4v) is 1.55. The molecule has 2 rings (SSSR count). The zero-order chi connectivity index (χ0) is 11.5. The van der Waals surface area contributed by atoms with E-state index < -0.39 is 0 Å². The second-order valence-electron chi connectivity index (χ2n) is 3.78. The largest absolute Gasteiger partial charge is 0.324 e. The first-order valence-corrected chi connectivity index (χ1v) is 5.01. The van der Waals surface area contributed by atoms with Crippen molar-refractivity contribution < 1.29 is 9.59 Å². The van der Waals surface area contributed by atoms with E-state index in [1.165, 1.54) is 6.33 Å². The smallest absolute Gasteiger partial charge is 0.318 e. The lowest BCUT2D eigenvalue weighted by molar-refractivity contribution is -0.125. The summed E-state index contributed by atoms with van der Waals surface area (Å²) in [6, 6.07) is 1.38. The lowest BCUT2D eigenvalue weighted by Gasteiger charge is -2.29. The maximum atomic E-state index is 11.5. The van der Waals surface area contributed by atoms with E-state index in [-0.39, 0.29) is 17.9 Å². The predicted octanol–water partition coefficient (Wildman–Crippen LogP) is 0.164. The van der Waals surface area contributed by atoms with Crippen LogP contribution in [0.4, 0.5) is 4.79 Å². The van der Waals surface area contributed by atoms with Gasteiger partial charge >= 0.3 is 6.03 Å². The first-order chi connectivity index (χ1) is 7.66. The summed E-state index contributed by atoms with van der Waals surface area (Å²) in [4.78, 5) is 32.1. The molecule has 2 heterocycles. The number of aromatic nitrogens is 2. The molecule has 1 aromatic rings. The highest BCUT2D eigenvalue weighted by Crippen LogP contribution is 2.10. The van der Waals surface area contributed by atoms with Crippen molar-refractivity contribution in [2.45, 2.75) is 13.5 Å². The Morgan fingerprint density at radius 1 is 1.56 bits per heavy atom. The van der Waals surface area contributed by atoms with Crippen molar-refractivity contribution in [1.29, 1.82) is 0 Å². The average Bonchev–Trinajstić information content (AvgIpc) is 2.27. The number of carbonyl (C=O) groups excluding carboxylic acids is 2. The van der Waals surface area contributed by atoms with Gasteiger partial charge in [0.15, 0.2) is 0 Å². The zero-order valence-electron chi connectivity index (χ0n) is 8.88. The molecule has 1 unspecified atom stereocenters. The molecule has 1 saturated heterocycles. The molecule has 1 N–H and O–H groups in total. The molecule has 84 valence electrons. The SMILES string of the molecule is CC1CN(Cc2ccncn2)C(=O)NC1=O. The fourth-order valence-electron chi connectivity index (χ4n) is 1.55. The predicted molar refractivity (Wildman–Crippen MR) is 55.1 cm³/mol. The average molecular weight is 220 g/mol. The van der Waals surface area contributed by atoms with Crippen LogP contribution in [0.15, 0.2) is 18.6 Å². The van der Waals surface area contributed by atoms with Crippen LogP contribution in [0.5, 0.6) is 0 Å². The van der Waals surface area contributed by atoms with Crippen molar-refractivity contribution in [1.82, 2.24) is 20.2 Å². The van der Waals surface area contributed by atoms with Crippen LogP contribution in [-0.2, 0) is 11.3 Å². The Morgan fingerprint density at radius 2 is 2.38 bits per heavy atom. The van der Waals surface area contributed by atoms with Gasteiger partial charge in [0.1, 0.15) is 6.33 Å².